The van der Waals surface area contributed by atoms with Crippen molar-refractivity contribution in [2.24, 2.45) is 5.92 Å². The van der Waals surface area contributed by atoms with E-state index in [9.17, 15) is 4.79 Å². The molecule has 1 aromatic heterocycles. The van der Waals surface area contributed by atoms with Gasteiger partial charge in [0.25, 0.3) is 5.91 Å². The Morgan fingerprint density at radius 1 is 1.45 bits per heavy atom. The number of pyridine rings is 1. The van der Waals surface area contributed by atoms with Crippen LogP contribution >= 0.6 is 0 Å². The molecule has 0 aromatic carbocycles. The van der Waals surface area contributed by atoms with E-state index < -0.39 is 0 Å². The Kier molecular flexibility index (Phi) is 5.39. The van der Waals surface area contributed by atoms with Crippen molar-refractivity contribution in [3.05, 3.63) is 23.9 Å². The summed E-state index contributed by atoms with van der Waals surface area (Å²) < 4.78 is 0. The van der Waals surface area contributed by atoms with Crippen molar-refractivity contribution < 1.29 is 4.79 Å². The Balaban J connectivity index is 2.01. The summed E-state index contributed by atoms with van der Waals surface area (Å²) in [6.45, 7) is 4.01. The number of hydrogen-bond donors (Lipinski definition) is 1. The van der Waals surface area contributed by atoms with Gasteiger partial charge in [0.2, 0.25) is 0 Å². The largest absolute Gasteiger partial charge is 0.373 e. The molecule has 1 saturated heterocycles. The Bertz CT molecular complexity index is 447. The van der Waals surface area contributed by atoms with Crippen molar-refractivity contribution in [1.29, 1.82) is 0 Å². The summed E-state index contributed by atoms with van der Waals surface area (Å²) in [7, 11) is 1.82. The first-order valence-electron chi connectivity index (χ1n) is 7.67. The van der Waals surface area contributed by atoms with Gasteiger partial charge < -0.3 is 10.2 Å². The van der Waals surface area contributed by atoms with Crippen LogP contribution < -0.4 is 5.32 Å². The number of likely N-dealkylation sites (tertiary alicyclic amines) is 1. The van der Waals surface area contributed by atoms with Gasteiger partial charge in [0.05, 0.1) is 0 Å². The monoisotopic (exact) mass is 275 g/mol. The second-order valence-corrected chi connectivity index (χ2v) is 5.56. The molecule has 0 saturated carbocycles. The molecule has 0 aliphatic carbocycles. The van der Waals surface area contributed by atoms with Crippen LogP contribution in [0.25, 0.3) is 0 Å². The highest BCUT2D eigenvalue weighted by atomic mass is 16.2. The maximum Gasteiger partial charge on any atom is 0.254 e. The first kappa shape index (κ1) is 14.8. The quantitative estimate of drug-likeness (QED) is 0.918. The summed E-state index contributed by atoms with van der Waals surface area (Å²) in [5.41, 5.74) is 0.735. The van der Waals surface area contributed by atoms with Crippen LogP contribution in [0.3, 0.4) is 0 Å². The van der Waals surface area contributed by atoms with Crippen molar-refractivity contribution in [3.8, 4) is 0 Å². The minimum atomic E-state index is 0.140. The van der Waals surface area contributed by atoms with Crippen LogP contribution in [0, 0.1) is 5.92 Å². The van der Waals surface area contributed by atoms with Gasteiger partial charge in [-0.05, 0) is 37.3 Å². The predicted molar refractivity (Wildman–Crippen MR) is 81.9 cm³/mol. The standard InChI is InChI=1S/C16H25N3O/c1-3-5-13-6-4-10-19(11-8-13)16(20)14-7-9-18-15(12-14)17-2/h7,9,12-13H,3-6,8,10-11H2,1-2H3,(H,17,18). The molecule has 4 nitrogen and oxygen atoms in total. The molecule has 0 radical (unpaired) electrons. The first-order chi connectivity index (χ1) is 9.74. The van der Waals surface area contributed by atoms with E-state index in [1.807, 2.05) is 18.0 Å². The SMILES string of the molecule is CCCC1CCCN(C(=O)c2ccnc(NC)c2)CC1. The van der Waals surface area contributed by atoms with E-state index in [0.717, 1.165) is 43.2 Å². The van der Waals surface area contributed by atoms with Gasteiger partial charge in [0, 0.05) is 31.9 Å². The molecule has 1 atom stereocenters. The number of nitrogens with one attached hydrogen (secondary N) is 1. The number of rotatable bonds is 4. The number of aromatic nitrogens is 1. The third kappa shape index (κ3) is 3.71. The molecule has 2 rings (SSSR count). The molecule has 4 heteroatoms. The zero-order valence-corrected chi connectivity index (χ0v) is 12.6. The predicted octanol–water partition coefficient (Wildman–Crippen LogP) is 3.17. The molecule has 1 amide bonds. The number of hydrogen-bond acceptors (Lipinski definition) is 3. The van der Waals surface area contributed by atoms with Crippen molar-refractivity contribution >= 4 is 11.7 Å². The first-order valence-corrected chi connectivity index (χ1v) is 7.67. The Labute approximate surface area is 121 Å². The zero-order chi connectivity index (χ0) is 14.4. The molecule has 1 aliphatic rings. The summed E-state index contributed by atoms with van der Waals surface area (Å²) >= 11 is 0. The fourth-order valence-electron chi connectivity index (χ4n) is 2.95. The van der Waals surface area contributed by atoms with E-state index in [2.05, 4.69) is 17.2 Å². The lowest BCUT2D eigenvalue weighted by Gasteiger charge is -2.21. The summed E-state index contributed by atoms with van der Waals surface area (Å²) in [5, 5.41) is 2.98. The van der Waals surface area contributed by atoms with E-state index in [4.69, 9.17) is 0 Å². The van der Waals surface area contributed by atoms with Crippen LogP contribution in [0.1, 0.15) is 49.4 Å². The van der Waals surface area contributed by atoms with E-state index >= 15 is 0 Å². The highest BCUT2D eigenvalue weighted by Crippen LogP contribution is 2.23. The van der Waals surface area contributed by atoms with Crippen LogP contribution in [-0.2, 0) is 0 Å². The molecule has 1 aliphatic heterocycles. The van der Waals surface area contributed by atoms with Gasteiger partial charge in [-0.3, -0.25) is 4.79 Å². The van der Waals surface area contributed by atoms with Gasteiger partial charge in [0.1, 0.15) is 5.82 Å². The average molecular weight is 275 g/mol. The van der Waals surface area contributed by atoms with Crippen LogP contribution in [0.15, 0.2) is 18.3 Å². The molecule has 0 spiro atoms. The highest BCUT2D eigenvalue weighted by Gasteiger charge is 2.21. The number of carbonyl (C=O) groups excluding carboxylic acids is 1. The lowest BCUT2D eigenvalue weighted by atomic mass is 9.96. The molecular formula is C16H25N3O. The van der Waals surface area contributed by atoms with Crippen LogP contribution in [0.4, 0.5) is 5.82 Å². The lowest BCUT2D eigenvalue weighted by Crippen LogP contribution is -2.32. The number of amides is 1. The molecule has 1 N–H and O–H groups in total. The topological polar surface area (TPSA) is 45.2 Å². The van der Waals surface area contributed by atoms with Crippen LogP contribution in [0.5, 0.6) is 0 Å². The lowest BCUT2D eigenvalue weighted by molar-refractivity contribution is 0.0760. The van der Waals surface area contributed by atoms with E-state index in [1.165, 1.54) is 19.3 Å². The average Bonchev–Trinajstić information content (AvgIpc) is 2.73. The van der Waals surface area contributed by atoms with Gasteiger partial charge in [0.15, 0.2) is 0 Å². The van der Waals surface area contributed by atoms with Gasteiger partial charge in [-0.1, -0.05) is 19.8 Å². The molecule has 110 valence electrons. The van der Waals surface area contributed by atoms with Gasteiger partial charge in [-0.2, -0.15) is 0 Å². The minimum Gasteiger partial charge on any atom is -0.373 e. The summed E-state index contributed by atoms with van der Waals surface area (Å²) in [4.78, 5) is 18.7. The third-order valence-corrected chi connectivity index (χ3v) is 4.09. The van der Waals surface area contributed by atoms with Crippen molar-refractivity contribution in [1.82, 2.24) is 9.88 Å². The maximum atomic E-state index is 12.6. The highest BCUT2D eigenvalue weighted by molar-refractivity contribution is 5.94. The van der Waals surface area contributed by atoms with Gasteiger partial charge >= 0.3 is 0 Å². The molecule has 0 bridgehead atoms. The molecular weight excluding hydrogens is 250 g/mol. The summed E-state index contributed by atoms with van der Waals surface area (Å²) in [5.74, 6) is 1.68. The molecule has 1 aromatic rings. The third-order valence-electron chi connectivity index (χ3n) is 4.09. The fourth-order valence-corrected chi connectivity index (χ4v) is 2.95. The minimum absolute atomic E-state index is 0.140. The second kappa shape index (κ2) is 7.27. The van der Waals surface area contributed by atoms with Gasteiger partial charge in [-0.15, -0.1) is 0 Å². The van der Waals surface area contributed by atoms with Crippen LogP contribution in [0.2, 0.25) is 0 Å². The van der Waals surface area contributed by atoms with Crippen molar-refractivity contribution in [3.63, 3.8) is 0 Å². The van der Waals surface area contributed by atoms with E-state index in [0.29, 0.717) is 0 Å². The van der Waals surface area contributed by atoms with E-state index in [-0.39, 0.29) is 5.91 Å². The Morgan fingerprint density at radius 3 is 3.05 bits per heavy atom. The summed E-state index contributed by atoms with van der Waals surface area (Å²) in [6, 6.07) is 3.63. The van der Waals surface area contributed by atoms with Crippen molar-refractivity contribution in [2.75, 3.05) is 25.5 Å². The smallest absolute Gasteiger partial charge is 0.254 e. The Morgan fingerprint density at radius 2 is 2.30 bits per heavy atom. The molecule has 20 heavy (non-hydrogen) atoms. The van der Waals surface area contributed by atoms with Crippen LogP contribution in [-0.4, -0.2) is 35.9 Å². The number of nitrogens with zero attached hydrogens (tertiary/aromatic N) is 2. The molecule has 1 fully saturated rings. The fraction of sp³-hybridized carbons (Fsp3) is 0.625. The Hall–Kier alpha value is -1.58. The molecule has 1 unspecified atom stereocenters. The normalized spacial score (nSPS) is 19.5. The number of carbonyl (C=O) groups is 1. The zero-order valence-electron chi connectivity index (χ0n) is 12.6. The van der Waals surface area contributed by atoms with E-state index in [1.54, 1.807) is 12.3 Å². The second-order valence-electron chi connectivity index (χ2n) is 5.56. The maximum absolute atomic E-state index is 12.6. The number of anilines is 1. The molecule has 2 heterocycles. The van der Waals surface area contributed by atoms with Crippen molar-refractivity contribution in [2.45, 2.75) is 39.0 Å². The summed E-state index contributed by atoms with van der Waals surface area (Å²) in [6.07, 6.45) is 7.76. The van der Waals surface area contributed by atoms with Gasteiger partial charge in [-0.25, -0.2) is 4.98 Å².